The second-order valence-corrected chi connectivity index (χ2v) is 6.00. The van der Waals surface area contributed by atoms with E-state index in [0.717, 1.165) is 6.92 Å². The van der Waals surface area contributed by atoms with Crippen molar-refractivity contribution in [2.24, 2.45) is 9.50 Å². The van der Waals surface area contributed by atoms with Crippen LogP contribution in [0.15, 0.2) is 19.9 Å². The molecule has 1 unspecified atom stereocenters. The van der Waals surface area contributed by atoms with Crippen LogP contribution in [0.4, 0.5) is 0 Å². The van der Waals surface area contributed by atoms with Crippen LogP contribution in [0.1, 0.15) is 32.1 Å². The van der Waals surface area contributed by atoms with E-state index in [-0.39, 0.29) is 5.09 Å². The molecule has 17 heavy (non-hydrogen) atoms. The number of carbonyl (C=O) groups is 1. The number of aliphatic hydroxyl groups is 1. The molecule has 1 atom stereocenters. The predicted molar refractivity (Wildman–Crippen MR) is 62.4 cm³/mol. The number of amides is 1. The van der Waals surface area contributed by atoms with Crippen LogP contribution in [0, 0.1) is 6.92 Å². The molecule has 7 heteroatoms. The summed E-state index contributed by atoms with van der Waals surface area (Å²) in [6.45, 7) is 5.89. The van der Waals surface area contributed by atoms with Crippen LogP contribution in [-0.2, 0) is 20.3 Å². The zero-order valence-corrected chi connectivity index (χ0v) is 11.0. The molecule has 1 rings (SSSR count). The maximum absolute atomic E-state index is 11.9. The SMILES string of the molecule is CC(=O)N=S(N)(=O)c1cc(C(C)(C)O)c(C)o1. The van der Waals surface area contributed by atoms with Crippen LogP contribution < -0.4 is 5.14 Å². The number of aryl methyl sites for hydroxylation is 1. The maximum Gasteiger partial charge on any atom is 0.252 e. The van der Waals surface area contributed by atoms with E-state index in [1.54, 1.807) is 20.8 Å². The molecule has 0 bridgehead atoms. The van der Waals surface area contributed by atoms with E-state index < -0.39 is 21.4 Å². The van der Waals surface area contributed by atoms with Crippen molar-refractivity contribution in [2.75, 3.05) is 0 Å². The van der Waals surface area contributed by atoms with Crippen molar-refractivity contribution in [1.29, 1.82) is 0 Å². The Kier molecular flexibility index (Phi) is 3.47. The monoisotopic (exact) mass is 260 g/mol. The highest BCUT2D eigenvalue weighted by Crippen LogP contribution is 2.28. The summed E-state index contributed by atoms with van der Waals surface area (Å²) in [6, 6.07) is 1.37. The van der Waals surface area contributed by atoms with Crippen LogP contribution >= 0.6 is 0 Å². The van der Waals surface area contributed by atoms with Crippen molar-refractivity contribution >= 4 is 15.8 Å². The van der Waals surface area contributed by atoms with Crippen LogP contribution in [0.3, 0.4) is 0 Å². The third-order valence-electron chi connectivity index (χ3n) is 2.11. The molecule has 0 aromatic carbocycles. The van der Waals surface area contributed by atoms with E-state index in [2.05, 4.69) is 4.36 Å². The first-order chi connectivity index (χ1) is 7.54. The molecule has 0 aliphatic heterocycles. The minimum Gasteiger partial charge on any atom is -0.450 e. The highest BCUT2D eigenvalue weighted by Gasteiger charge is 2.25. The molecule has 0 saturated heterocycles. The van der Waals surface area contributed by atoms with Gasteiger partial charge < -0.3 is 9.52 Å². The fourth-order valence-electron chi connectivity index (χ4n) is 1.44. The molecule has 0 saturated carbocycles. The van der Waals surface area contributed by atoms with Gasteiger partial charge in [-0.25, -0.2) is 9.35 Å². The van der Waals surface area contributed by atoms with Crippen molar-refractivity contribution in [3.05, 3.63) is 17.4 Å². The lowest BCUT2D eigenvalue weighted by molar-refractivity contribution is -0.115. The number of carbonyl (C=O) groups excluding carboxylic acids is 1. The summed E-state index contributed by atoms with van der Waals surface area (Å²) in [4.78, 5) is 10.8. The smallest absolute Gasteiger partial charge is 0.252 e. The second kappa shape index (κ2) is 4.25. The van der Waals surface area contributed by atoms with Crippen LogP contribution in [0.25, 0.3) is 0 Å². The van der Waals surface area contributed by atoms with Crippen molar-refractivity contribution in [1.82, 2.24) is 0 Å². The Bertz CT molecular complexity index is 559. The van der Waals surface area contributed by atoms with Crippen molar-refractivity contribution in [2.45, 2.75) is 38.4 Å². The largest absolute Gasteiger partial charge is 0.450 e. The van der Waals surface area contributed by atoms with Gasteiger partial charge in [0.05, 0.1) is 5.60 Å². The standard InChI is InChI=1S/C10H16N2O4S/c1-6-8(10(3,4)14)5-9(16-6)17(11,15)12-7(2)13/h5,14H,1-4H3,(H2,11,12,13,15). The van der Waals surface area contributed by atoms with Gasteiger partial charge in [0.2, 0.25) is 5.09 Å². The number of hydrogen-bond acceptors (Lipinski definition) is 4. The topological polar surface area (TPSA) is 106 Å². The Labute approximate surface area is 100 Å². The van der Waals surface area contributed by atoms with Crippen LogP contribution in [0.5, 0.6) is 0 Å². The molecule has 1 aromatic rings. The Morgan fingerprint density at radius 1 is 1.59 bits per heavy atom. The molecule has 1 amide bonds. The van der Waals surface area contributed by atoms with Crippen LogP contribution in [-0.4, -0.2) is 15.2 Å². The molecular weight excluding hydrogens is 244 g/mol. The molecule has 96 valence electrons. The summed E-state index contributed by atoms with van der Waals surface area (Å²) in [6.07, 6.45) is 0. The minimum absolute atomic E-state index is 0.109. The van der Waals surface area contributed by atoms with E-state index in [0.29, 0.717) is 11.3 Å². The van der Waals surface area contributed by atoms with E-state index in [1.807, 2.05) is 0 Å². The quantitative estimate of drug-likeness (QED) is 0.829. The van der Waals surface area contributed by atoms with E-state index in [9.17, 15) is 14.1 Å². The normalized spacial score (nSPS) is 15.4. The van der Waals surface area contributed by atoms with Gasteiger partial charge in [0.25, 0.3) is 5.91 Å². The first-order valence-corrected chi connectivity index (χ1v) is 6.50. The van der Waals surface area contributed by atoms with Crippen LogP contribution in [0.2, 0.25) is 0 Å². The first-order valence-electron chi connectivity index (χ1n) is 4.93. The Hall–Kier alpha value is -1.18. The molecule has 1 heterocycles. The zero-order chi connectivity index (χ0) is 13.4. The molecule has 0 aliphatic rings. The average Bonchev–Trinajstić information content (AvgIpc) is 2.44. The molecule has 6 nitrogen and oxygen atoms in total. The number of furan rings is 1. The van der Waals surface area contributed by atoms with Gasteiger partial charge in [0.15, 0.2) is 9.92 Å². The van der Waals surface area contributed by atoms with Gasteiger partial charge in [-0.1, -0.05) is 0 Å². The van der Waals surface area contributed by atoms with Crippen molar-refractivity contribution in [3.63, 3.8) is 0 Å². The maximum atomic E-state index is 11.9. The molecular formula is C10H16N2O4S. The molecule has 0 radical (unpaired) electrons. The molecule has 3 N–H and O–H groups in total. The Balaban J connectivity index is 3.38. The van der Waals surface area contributed by atoms with E-state index >= 15 is 0 Å². The molecule has 1 aromatic heterocycles. The highest BCUT2D eigenvalue weighted by molar-refractivity contribution is 7.91. The second-order valence-electron chi connectivity index (χ2n) is 4.27. The van der Waals surface area contributed by atoms with Gasteiger partial charge in [0, 0.05) is 18.6 Å². The van der Waals surface area contributed by atoms with Gasteiger partial charge in [0.1, 0.15) is 5.76 Å². The third-order valence-corrected chi connectivity index (χ3v) is 3.41. The number of hydrogen-bond donors (Lipinski definition) is 2. The fraction of sp³-hybridized carbons (Fsp3) is 0.500. The zero-order valence-electron chi connectivity index (χ0n) is 10.2. The third kappa shape index (κ3) is 3.15. The molecule has 0 spiro atoms. The predicted octanol–water partition coefficient (Wildman–Crippen LogP) is 1.06. The summed E-state index contributed by atoms with van der Waals surface area (Å²) in [5.41, 5.74) is -0.679. The first kappa shape index (κ1) is 13.9. The van der Waals surface area contributed by atoms with E-state index in [4.69, 9.17) is 9.56 Å². The summed E-state index contributed by atoms with van der Waals surface area (Å²) in [5, 5.41) is 15.2. The minimum atomic E-state index is -3.37. The Morgan fingerprint density at radius 2 is 2.12 bits per heavy atom. The molecule has 0 fully saturated rings. The van der Waals surface area contributed by atoms with Crippen molar-refractivity contribution in [3.8, 4) is 0 Å². The summed E-state index contributed by atoms with van der Waals surface area (Å²) in [7, 11) is -3.37. The molecule has 0 aliphatic carbocycles. The lowest BCUT2D eigenvalue weighted by Gasteiger charge is -2.15. The van der Waals surface area contributed by atoms with E-state index in [1.165, 1.54) is 6.07 Å². The highest BCUT2D eigenvalue weighted by atomic mass is 32.2. The van der Waals surface area contributed by atoms with Crippen molar-refractivity contribution < 1.29 is 18.5 Å². The van der Waals surface area contributed by atoms with Gasteiger partial charge in [-0.15, -0.1) is 4.36 Å². The summed E-state index contributed by atoms with van der Waals surface area (Å²) >= 11 is 0. The van der Waals surface area contributed by atoms with Gasteiger partial charge in [-0.3, -0.25) is 4.79 Å². The number of rotatable bonds is 2. The number of nitrogens with two attached hydrogens (primary N) is 1. The van der Waals surface area contributed by atoms with Gasteiger partial charge in [-0.2, -0.15) is 0 Å². The summed E-state index contributed by atoms with van der Waals surface area (Å²) < 4.78 is 20.4. The average molecular weight is 260 g/mol. The fourth-order valence-corrected chi connectivity index (χ4v) is 2.45. The number of nitrogens with zero attached hydrogens (tertiary/aromatic N) is 1. The van der Waals surface area contributed by atoms with Gasteiger partial charge >= 0.3 is 0 Å². The van der Waals surface area contributed by atoms with Gasteiger partial charge in [-0.05, 0) is 20.8 Å². The lowest BCUT2D eigenvalue weighted by Crippen LogP contribution is -2.16. The summed E-state index contributed by atoms with van der Waals surface area (Å²) in [5.74, 6) is -0.249. The lowest BCUT2D eigenvalue weighted by atomic mass is 10.00. The Morgan fingerprint density at radius 3 is 2.47 bits per heavy atom.